The Hall–Kier alpha value is -3.16. The van der Waals surface area contributed by atoms with Gasteiger partial charge in [-0.25, -0.2) is 4.79 Å². The third kappa shape index (κ3) is 5.41. The number of hydrogen-bond donors (Lipinski definition) is 0. The number of hydrogen-bond acceptors (Lipinski definition) is 5. The summed E-state index contributed by atoms with van der Waals surface area (Å²) in [5, 5.41) is 0.502. The Morgan fingerprint density at radius 2 is 1.86 bits per heavy atom. The molecule has 0 radical (unpaired) electrons. The van der Waals surface area contributed by atoms with Crippen LogP contribution in [0.3, 0.4) is 0 Å². The first-order valence-corrected chi connectivity index (χ1v) is 12.2. The van der Waals surface area contributed by atoms with Gasteiger partial charge in [0.05, 0.1) is 31.9 Å². The minimum Gasteiger partial charge on any atom is -0.463 e. The van der Waals surface area contributed by atoms with Gasteiger partial charge >= 0.3 is 5.97 Å². The fourth-order valence-corrected chi connectivity index (χ4v) is 4.90. The molecule has 0 bridgehead atoms. The minimum atomic E-state index is -0.485. The summed E-state index contributed by atoms with van der Waals surface area (Å²) in [4.78, 5) is 42.6. The van der Waals surface area contributed by atoms with Crippen LogP contribution in [0, 0.1) is 0 Å². The molecule has 2 aliphatic heterocycles. The van der Waals surface area contributed by atoms with Crippen molar-refractivity contribution in [1.29, 1.82) is 0 Å². The van der Waals surface area contributed by atoms with E-state index >= 15 is 0 Å². The van der Waals surface area contributed by atoms with Crippen LogP contribution in [0.5, 0.6) is 0 Å². The summed E-state index contributed by atoms with van der Waals surface area (Å²) < 4.78 is 10.7. The SMILES string of the molecule is CCOC(=O)C1=C(C)N(Cc2cccc(C(=O)N3CCOCC3)c2)C(=O)CC1c1ccccc1Cl. The van der Waals surface area contributed by atoms with Gasteiger partial charge in [-0.2, -0.15) is 0 Å². The summed E-state index contributed by atoms with van der Waals surface area (Å²) in [6.07, 6.45) is 0.0988. The third-order valence-corrected chi connectivity index (χ3v) is 6.76. The molecule has 1 atom stereocenters. The van der Waals surface area contributed by atoms with Crippen molar-refractivity contribution in [3.05, 3.63) is 81.5 Å². The lowest BCUT2D eigenvalue weighted by Gasteiger charge is -2.35. The van der Waals surface area contributed by atoms with E-state index in [1.807, 2.05) is 36.4 Å². The summed E-state index contributed by atoms with van der Waals surface area (Å²) in [6.45, 7) is 6.15. The highest BCUT2D eigenvalue weighted by Gasteiger charge is 2.37. The Bertz CT molecular complexity index is 1160. The maximum absolute atomic E-state index is 13.3. The molecule has 2 heterocycles. The molecule has 184 valence electrons. The van der Waals surface area contributed by atoms with Crippen LogP contribution in [0.15, 0.2) is 59.8 Å². The van der Waals surface area contributed by atoms with Crippen molar-refractivity contribution < 1.29 is 23.9 Å². The van der Waals surface area contributed by atoms with Crippen LogP contribution in [0.2, 0.25) is 5.02 Å². The number of rotatable bonds is 6. The van der Waals surface area contributed by atoms with Crippen LogP contribution in [0.25, 0.3) is 0 Å². The first-order chi connectivity index (χ1) is 16.9. The molecule has 1 saturated heterocycles. The van der Waals surface area contributed by atoms with E-state index < -0.39 is 11.9 Å². The zero-order valence-corrected chi connectivity index (χ0v) is 20.7. The fourth-order valence-electron chi connectivity index (χ4n) is 4.63. The van der Waals surface area contributed by atoms with Crippen LogP contribution in [-0.4, -0.2) is 60.5 Å². The van der Waals surface area contributed by atoms with Gasteiger partial charge < -0.3 is 19.3 Å². The number of halogens is 1. The number of amides is 2. The summed E-state index contributed by atoms with van der Waals surface area (Å²) in [6, 6.07) is 14.5. The smallest absolute Gasteiger partial charge is 0.336 e. The van der Waals surface area contributed by atoms with Gasteiger partial charge in [0, 0.05) is 41.7 Å². The van der Waals surface area contributed by atoms with Crippen molar-refractivity contribution in [1.82, 2.24) is 9.80 Å². The lowest BCUT2D eigenvalue weighted by atomic mass is 9.83. The van der Waals surface area contributed by atoms with E-state index in [9.17, 15) is 14.4 Å². The average Bonchev–Trinajstić information content (AvgIpc) is 2.87. The van der Waals surface area contributed by atoms with E-state index in [0.29, 0.717) is 48.2 Å². The maximum atomic E-state index is 13.3. The summed E-state index contributed by atoms with van der Waals surface area (Å²) in [5.74, 6) is -1.12. The quantitative estimate of drug-likeness (QED) is 0.561. The van der Waals surface area contributed by atoms with Crippen LogP contribution < -0.4 is 0 Å². The standard InChI is InChI=1S/C27H29ClN2O5/c1-3-35-27(33)25-18(2)30(24(31)16-22(25)21-9-4-5-10-23(21)28)17-19-7-6-8-20(15-19)26(32)29-11-13-34-14-12-29/h4-10,15,22H,3,11-14,16-17H2,1-2H3. The van der Waals surface area contributed by atoms with Gasteiger partial charge in [-0.15, -0.1) is 0 Å². The van der Waals surface area contributed by atoms with Crippen LogP contribution in [0.4, 0.5) is 0 Å². The molecule has 0 aromatic heterocycles. The maximum Gasteiger partial charge on any atom is 0.336 e. The number of ether oxygens (including phenoxy) is 2. The fraction of sp³-hybridized carbons (Fsp3) is 0.370. The molecule has 0 N–H and O–H groups in total. The molecule has 35 heavy (non-hydrogen) atoms. The molecule has 2 amide bonds. The van der Waals surface area contributed by atoms with Gasteiger partial charge in [-0.1, -0.05) is 41.9 Å². The Morgan fingerprint density at radius 1 is 1.11 bits per heavy atom. The van der Waals surface area contributed by atoms with Gasteiger partial charge in [0.1, 0.15) is 0 Å². The molecule has 0 spiro atoms. The molecule has 2 aromatic carbocycles. The third-order valence-electron chi connectivity index (χ3n) is 6.41. The van der Waals surface area contributed by atoms with Gasteiger partial charge in [0.2, 0.25) is 5.91 Å². The number of benzene rings is 2. The van der Waals surface area contributed by atoms with Gasteiger partial charge in [0.25, 0.3) is 5.91 Å². The monoisotopic (exact) mass is 496 g/mol. The number of carbonyl (C=O) groups is 3. The largest absolute Gasteiger partial charge is 0.463 e. The minimum absolute atomic E-state index is 0.0571. The first kappa shape index (κ1) is 24.9. The highest BCUT2D eigenvalue weighted by atomic mass is 35.5. The summed E-state index contributed by atoms with van der Waals surface area (Å²) >= 11 is 6.43. The molecule has 2 aromatic rings. The van der Waals surface area contributed by atoms with Crippen molar-refractivity contribution in [2.75, 3.05) is 32.9 Å². The van der Waals surface area contributed by atoms with E-state index in [0.717, 1.165) is 11.1 Å². The van der Waals surface area contributed by atoms with E-state index in [-0.39, 0.29) is 31.4 Å². The molecule has 1 fully saturated rings. The normalized spacial score (nSPS) is 18.6. The number of carbonyl (C=O) groups excluding carboxylic acids is 3. The molecular formula is C27H29ClN2O5. The van der Waals surface area contributed by atoms with E-state index in [2.05, 4.69) is 0 Å². The second-order valence-corrected chi connectivity index (χ2v) is 8.99. The van der Waals surface area contributed by atoms with Crippen molar-refractivity contribution in [2.24, 2.45) is 0 Å². The highest BCUT2D eigenvalue weighted by Crippen LogP contribution is 2.40. The molecule has 8 heteroatoms. The van der Waals surface area contributed by atoms with Crippen LogP contribution in [0.1, 0.15) is 47.7 Å². The Morgan fingerprint density at radius 3 is 2.57 bits per heavy atom. The molecular weight excluding hydrogens is 468 g/mol. The summed E-state index contributed by atoms with van der Waals surface area (Å²) in [5.41, 5.74) is 3.06. The van der Waals surface area contributed by atoms with Gasteiger partial charge in [-0.05, 0) is 43.2 Å². The molecule has 2 aliphatic rings. The second-order valence-electron chi connectivity index (χ2n) is 8.58. The summed E-state index contributed by atoms with van der Waals surface area (Å²) in [7, 11) is 0. The molecule has 4 rings (SSSR count). The lowest BCUT2D eigenvalue weighted by molar-refractivity contribution is -0.140. The van der Waals surface area contributed by atoms with Gasteiger partial charge in [-0.3, -0.25) is 9.59 Å². The van der Waals surface area contributed by atoms with E-state index in [1.54, 1.807) is 35.8 Å². The zero-order chi connectivity index (χ0) is 24.9. The van der Waals surface area contributed by atoms with E-state index in [1.165, 1.54) is 0 Å². The van der Waals surface area contributed by atoms with Crippen LogP contribution in [-0.2, 0) is 25.6 Å². The van der Waals surface area contributed by atoms with Crippen LogP contribution >= 0.6 is 11.6 Å². The zero-order valence-electron chi connectivity index (χ0n) is 20.0. The number of allylic oxidation sites excluding steroid dienone is 1. The molecule has 0 saturated carbocycles. The number of morpholine rings is 1. The van der Waals surface area contributed by atoms with Crippen molar-refractivity contribution in [2.45, 2.75) is 32.7 Å². The lowest BCUT2D eigenvalue weighted by Crippen LogP contribution is -2.40. The van der Waals surface area contributed by atoms with Crippen molar-refractivity contribution in [3.8, 4) is 0 Å². The molecule has 0 aliphatic carbocycles. The Labute approximate surface area is 210 Å². The predicted molar refractivity (Wildman–Crippen MR) is 132 cm³/mol. The highest BCUT2D eigenvalue weighted by molar-refractivity contribution is 6.31. The topological polar surface area (TPSA) is 76.2 Å². The molecule has 1 unspecified atom stereocenters. The van der Waals surface area contributed by atoms with Crippen molar-refractivity contribution in [3.63, 3.8) is 0 Å². The van der Waals surface area contributed by atoms with Gasteiger partial charge in [0.15, 0.2) is 0 Å². The second kappa shape index (κ2) is 11.1. The average molecular weight is 497 g/mol. The van der Waals surface area contributed by atoms with Crippen molar-refractivity contribution >= 4 is 29.4 Å². The number of nitrogens with zero attached hydrogens (tertiary/aromatic N) is 2. The number of esters is 1. The Balaban J connectivity index is 1.65. The first-order valence-electron chi connectivity index (χ1n) is 11.8. The molecule has 7 nitrogen and oxygen atoms in total. The van der Waals surface area contributed by atoms with E-state index in [4.69, 9.17) is 21.1 Å². The predicted octanol–water partition coefficient (Wildman–Crippen LogP) is 4.17. The Kier molecular flexibility index (Phi) is 7.88.